The van der Waals surface area contributed by atoms with Gasteiger partial charge in [-0.25, -0.2) is 5.43 Å². The van der Waals surface area contributed by atoms with Crippen molar-refractivity contribution in [1.82, 2.24) is 15.0 Å². The van der Waals surface area contributed by atoms with Crippen LogP contribution in [0.2, 0.25) is 0 Å². The zero-order valence-corrected chi connectivity index (χ0v) is 16.4. The first kappa shape index (κ1) is 18.1. The van der Waals surface area contributed by atoms with Gasteiger partial charge < -0.3 is 4.57 Å². The molecule has 0 saturated carbocycles. The molecule has 0 aliphatic carbocycles. The van der Waals surface area contributed by atoms with Gasteiger partial charge in [-0.1, -0.05) is 18.2 Å². The summed E-state index contributed by atoms with van der Waals surface area (Å²) in [6, 6.07) is 11.5. The highest BCUT2D eigenvalue weighted by Crippen LogP contribution is 2.30. The van der Waals surface area contributed by atoms with Crippen LogP contribution in [0.4, 0.5) is 0 Å². The van der Waals surface area contributed by atoms with E-state index in [4.69, 9.17) is 0 Å². The summed E-state index contributed by atoms with van der Waals surface area (Å²) in [5, 5.41) is 4.12. The number of nitrogens with zero attached hydrogens (tertiary/aromatic N) is 3. The number of hydrazone groups is 1. The molecule has 2 aromatic heterocycles. The second-order valence-corrected chi connectivity index (χ2v) is 6.75. The molecule has 6 heteroatoms. The van der Waals surface area contributed by atoms with Gasteiger partial charge in [-0.2, -0.15) is 5.10 Å². The summed E-state index contributed by atoms with van der Waals surface area (Å²) in [4.78, 5) is 16.0. The first-order valence-corrected chi connectivity index (χ1v) is 8.97. The Morgan fingerprint density at radius 2 is 1.81 bits per heavy atom. The zero-order chi connectivity index (χ0) is 18.7. The number of pyridine rings is 1. The Labute approximate surface area is 160 Å². The van der Waals surface area contributed by atoms with Crippen LogP contribution < -0.4 is 5.43 Å². The van der Waals surface area contributed by atoms with Crippen molar-refractivity contribution in [3.05, 3.63) is 81.3 Å². The number of benzene rings is 1. The number of amides is 1. The third kappa shape index (κ3) is 3.46. The average molecular weight is 411 g/mol. The van der Waals surface area contributed by atoms with Gasteiger partial charge in [-0.3, -0.25) is 9.78 Å². The van der Waals surface area contributed by atoms with Gasteiger partial charge in [0.15, 0.2) is 0 Å². The topological polar surface area (TPSA) is 59.3 Å². The van der Waals surface area contributed by atoms with E-state index in [0.717, 1.165) is 27.1 Å². The van der Waals surface area contributed by atoms with Crippen LogP contribution in [0.3, 0.4) is 0 Å². The maximum atomic E-state index is 12.1. The number of hydrogen-bond acceptors (Lipinski definition) is 3. The predicted octanol–water partition coefficient (Wildman–Crippen LogP) is 4.32. The summed E-state index contributed by atoms with van der Waals surface area (Å²) < 4.78 is 3.14. The molecule has 3 aromatic rings. The van der Waals surface area contributed by atoms with Gasteiger partial charge in [0.25, 0.3) is 5.91 Å². The molecule has 1 N–H and O–H groups in total. The largest absolute Gasteiger partial charge is 0.316 e. The first-order chi connectivity index (χ1) is 12.5. The molecule has 1 amide bonds. The second-order valence-electron chi connectivity index (χ2n) is 5.96. The van der Waals surface area contributed by atoms with Crippen LogP contribution in [0, 0.1) is 20.8 Å². The van der Waals surface area contributed by atoms with Gasteiger partial charge in [0.1, 0.15) is 0 Å². The molecule has 0 saturated heterocycles. The highest BCUT2D eigenvalue weighted by atomic mass is 79.9. The molecule has 0 spiro atoms. The van der Waals surface area contributed by atoms with Crippen molar-refractivity contribution in [3.63, 3.8) is 0 Å². The van der Waals surface area contributed by atoms with Crippen LogP contribution in [-0.2, 0) is 0 Å². The molecule has 0 unspecified atom stereocenters. The number of hydrogen-bond donors (Lipinski definition) is 1. The van der Waals surface area contributed by atoms with Crippen LogP contribution in [0.15, 0.2) is 58.4 Å². The number of carbonyl (C=O) groups is 1. The smallest absolute Gasteiger partial charge is 0.271 e. The summed E-state index contributed by atoms with van der Waals surface area (Å²) >= 11 is 3.65. The lowest BCUT2D eigenvalue weighted by Crippen LogP contribution is -2.17. The molecule has 132 valence electrons. The van der Waals surface area contributed by atoms with E-state index >= 15 is 0 Å². The number of halogens is 1. The number of carbonyl (C=O) groups excluding carboxylic acids is 1. The molecule has 26 heavy (non-hydrogen) atoms. The number of aryl methyl sites for hydroxylation is 1. The molecule has 0 bridgehead atoms. The lowest BCUT2D eigenvalue weighted by molar-refractivity contribution is 0.0955. The molecule has 5 nitrogen and oxygen atoms in total. The van der Waals surface area contributed by atoms with Gasteiger partial charge in [0.2, 0.25) is 0 Å². The molecular weight excluding hydrogens is 392 g/mol. The third-order valence-electron chi connectivity index (χ3n) is 4.27. The van der Waals surface area contributed by atoms with Crippen molar-refractivity contribution in [3.8, 4) is 5.69 Å². The molecular formula is C20H19BrN4O. The summed E-state index contributed by atoms with van der Waals surface area (Å²) in [6.07, 6.45) is 4.82. The Balaban J connectivity index is 1.89. The SMILES string of the molecule is Cc1ccccc1-n1c(C)c(Br)c(/C=N\NC(=O)c2ccncc2)c1C. The van der Waals surface area contributed by atoms with E-state index in [-0.39, 0.29) is 5.91 Å². The Morgan fingerprint density at radius 3 is 2.50 bits per heavy atom. The summed E-state index contributed by atoms with van der Waals surface area (Å²) in [7, 11) is 0. The Hall–Kier alpha value is -2.73. The van der Waals surface area contributed by atoms with Gasteiger partial charge >= 0.3 is 0 Å². The fourth-order valence-corrected chi connectivity index (χ4v) is 3.44. The second kappa shape index (κ2) is 7.66. The highest BCUT2D eigenvalue weighted by molar-refractivity contribution is 9.10. The van der Waals surface area contributed by atoms with Crippen LogP contribution in [0.1, 0.15) is 32.9 Å². The molecule has 0 atom stereocenters. The minimum atomic E-state index is -0.271. The molecule has 0 radical (unpaired) electrons. The minimum absolute atomic E-state index is 0.271. The van der Waals surface area contributed by atoms with Crippen molar-refractivity contribution in [2.75, 3.05) is 0 Å². The zero-order valence-electron chi connectivity index (χ0n) is 14.8. The van der Waals surface area contributed by atoms with Crippen LogP contribution in [0.5, 0.6) is 0 Å². The van der Waals surface area contributed by atoms with E-state index in [9.17, 15) is 4.79 Å². The van der Waals surface area contributed by atoms with E-state index in [1.807, 2.05) is 19.1 Å². The van der Waals surface area contributed by atoms with E-state index in [0.29, 0.717) is 5.56 Å². The van der Waals surface area contributed by atoms with Gasteiger partial charge in [-0.15, -0.1) is 0 Å². The van der Waals surface area contributed by atoms with Gasteiger partial charge in [0.05, 0.1) is 6.21 Å². The average Bonchev–Trinajstić information content (AvgIpc) is 2.86. The Bertz CT molecular complexity index is 977. The number of para-hydroxylation sites is 1. The van der Waals surface area contributed by atoms with E-state index < -0.39 is 0 Å². The molecule has 2 heterocycles. The molecule has 0 aliphatic rings. The first-order valence-electron chi connectivity index (χ1n) is 8.17. The molecule has 0 fully saturated rings. The van der Waals surface area contributed by atoms with Crippen molar-refractivity contribution < 1.29 is 4.79 Å². The van der Waals surface area contributed by atoms with Gasteiger partial charge in [0, 0.05) is 45.1 Å². The fraction of sp³-hybridized carbons (Fsp3) is 0.150. The lowest BCUT2D eigenvalue weighted by atomic mass is 10.2. The van der Waals surface area contributed by atoms with Crippen LogP contribution >= 0.6 is 15.9 Å². The molecule has 0 aliphatic heterocycles. The molecule has 3 rings (SSSR count). The summed E-state index contributed by atoms with van der Waals surface area (Å²) in [6.45, 7) is 6.18. The quantitative estimate of drug-likeness (QED) is 0.514. The minimum Gasteiger partial charge on any atom is -0.316 e. The highest BCUT2D eigenvalue weighted by Gasteiger charge is 2.16. The summed E-state index contributed by atoms with van der Waals surface area (Å²) in [5.41, 5.74) is 8.45. The van der Waals surface area contributed by atoms with E-state index in [1.54, 1.807) is 30.7 Å². The van der Waals surface area contributed by atoms with Crippen LogP contribution in [-0.4, -0.2) is 21.7 Å². The van der Waals surface area contributed by atoms with Crippen molar-refractivity contribution in [1.29, 1.82) is 0 Å². The number of nitrogens with one attached hydrogen (secondary N) is 1. The van der Waals surface area contributed by atoms with E-state index in [1.165, 1.54) is 5.56 Å². The normalized spacial score (nSPS) is 11.1. The number of aromatic nitrogens is 2. The van der Waals surface area contributed by atoms with Crippen molar-refractivity contribution >= 4 is 28.1 Å². The van der Waals surface area contributed by atoms with Crippen LogP contribution in [0.25, 0.3) is 5.69 Å². The number of rotatable bonds is 4. The monoisotopic (exact) mass is 410 g/mol. The van der Waals surface area contributed by atoms with E-state index in [2.05, 4.69) is 62.0 Å². The van der Waals surface area contributed by atoms with Crippen molar-refractivity contribution in [2.24, 2.45) is 5.10 Å². The molecule has 1 aromatic carbocycles. The predicted molar refractivity (Wildman–Crippen MR) is 107 cm³/mol. The van der Waals surface area contributed by atoms with Crippen molar-refractivity contribution in [2.45, 2.75) is 20.8 Å². The maximum Gasteiger partial charge on any atom is 0.271 e. The maximum absolute atomic E-state index is 12.1. The standard InChI is InChI=1S/C20H19BrN4O/c1-13-6-4-5-7-18(13)25-14(2)17(19(21)15(25)3)12-23-24-20(26)16-8-10-22-11-9-16/h4-12H,1-3H3,(H,24,26)/b23-12-. The summed E-state index contributed by atoms with van der Waals surface area (Å²) in [5.74, 6) is -0.271. The Kier molecular flexibility index (Phi) is 5.32. The third-order valence-corrected chi connectivity index (χ3v) is 5.27. The fourth-order valence-electron chi connectivity index (χ4n) is 2.87. The Morgan fingerprint density at radius 1 is 1.12 bits per heavy atom. The van der Waals surface area contributed by atoms with Gasteiger partial charge in [-0.05, 0) is 60.5 Å². The lowest BCUT2D eigenvalue weighted by Gasteiger charge is -2.12.